The van der Waals surface area contributed by atoms with Crippen LogP contribution in [0, 0.1) is 0 Å². The Kier molecular flexibility index (Phi) is 8.54. The molecule has 154 valence electrons. The molecule has 0 saturated heterocycles. The average molecular weight is 395 g/mol. The van der Waals surface area contributed by atoms with Gasteiger partial charge in [-0.3, -0.25) is 0 Å². The van der Waals surface area contributed by atoms with Gasteiger partial charge in [-0.1, -0.05) is 51.7 Å². The third-order valence-electron chi connectivity index (χ3n) is 4.32. The van der Waals surface area contributed by atoms with Gasteiger partial charge < -0.3 is 10.1 Å². The van der Waals surface area contributed by atoms with E-state index in [1.807, 2.05) is 31.2 Å². The highest BCUT2D eigenvalue weighted by atomic mass is 19.4. The molecule has 4 nitrogen and oxygen atoms in total. The molecular formula is C21H28F3N3O. The Bertz CT molecular complexity index is 718. The van der Waals surface area contributed by atoms with Crippen molar-refractivity contribution in [3.63, 3.8) is 0 Å². The SMILES string of the molecule is CCCCCOc1nc(Nc2ccc(CCCCC)cc2)ncc1C(F)(F)F. The lowest BCUT2D eigenvalue weighted by atomic mass is 10.1. The van der Waals surface area contributed by atoms with Crippen molar-refractivity contribution in [1.29, 1.82) is 0 Å². The summed E-state index contributed by atoms with van der Waals surface area (Å²) >= 11 is 0. The van der Waals surface area contributed by atoms with E-state index in [9.17, 15) is 13.2 Å². The highest BCUT2D eigenvalue weighted by Crippen LogP contribution is 2.35. The van der Waals surface area contributed by atoms with Crippen LogP contribution in [0.2, 0.25) is 0 Å². The van der Waals surface area contributed by atoms with Crippen molar-refractivity contribution in [2.24, 2.45) is 0 Å². The van der Waals surface area contributed by atoms with Crippen molar-refractivity contribution in [2.45, 2.75) is 65.0 Å². The molecule has 0 atom stereocenters. The first-order chi connectivity index (χ1) is 13.4. The molecule has 1 aromatic carbocycles. The Morgan fingerprint density at radius 2 is 1.64 bits per heavy atom. The van der Waals surface area contributed by atoms with Crippen LogP contribution in [-0.4, -0.2) is 16.6 Å². The molecule has 1 heterocycles. The number of hydrogen-bond acceptors (Lipinski definition) is 4. The van der Waals surface area contributed by atoms with E-state index in [2.05, 4.69) is 22.2 Å². The summed E-state index contributed by atoms with van der Waals surface area (Å²) in [5.41, 5.74) is 0.990. The zero-order valence-electron chi connectivity index (χ0n) is 16.5. The predicted molar refractivity (Wildman–Crippen MR) is 105 cm³/mol. The first-order valence-electron chi connectivity index (χ1n) is 9.87. The zero-order valence-corrected chi connectivity index (χ0v) is 16.5. The van der Waals surface area contributed by atoms with Crippen molar-refractivity contribution in [1.82, 2.24) is 9.97 Å². The van der Waals surface area contributed by atoms with E-state index in [1.165, 1.54) is 18.4 Å². The molecule has 1 N–H and O–H groups in total. The fourth-order valence-electron chi connectivity index (χ4n) is 2.71. The summed E-state index contributed by atoms with van der Waals surface area (Å²) in [6.07, 6.45) is 3.27. The van der Waals surface area contributed by atoms with E-state index in [4.69, 9.17) is 4.74 Å². The maximum Gasteiger partial charge on any atom is 0.423 e. The lowest BCUT2D eigenvalue weighted by Gasteiger charge is -2.14. The number of halogens is 3. The number of hydrogen-bond donors (Lipinski definition) is 1. The van der Waals surface area contributed by atoms with Gasteiger partial charge in [0.05, 0.1) is 6.61 Å². The van der Waals surface area contributed by atoms with Crippen LogP contribution < -0.4 is 10.1 Å². The van der Waals surface area contributed by atoms with Gasteiger partial charge in [0, 0.05) is 11.9 Å². The number of anilines is 2. The van der Waals surface area contributed by atoms with E-state index >= 15 is 0 Å². The van der Waals surface area contributed by atoms with E-state index < -0.39 is 17.6 Å². The maximum absolute atomic E-state index is 13.2. The Morgan fingerprint density at radius 3 is 2.29 bits per heavy atom. The van der Waals surface area contributed by atoms with Gasteiger partial charge in [-0.2, -0.15) is 18.2 Å². The van der Waals surface area contributed by atoms with Crippen LogP contribution in [0.15, 0.2) is 30.5 Å². The second-order valence-electron chi connectivity index (χ2n) is 6.74. The molecule has 0 aliphatic rings. The topological polar surface area (TPSA) is 47.0 Å². The van der Waals surface area contributed by atoms with Gasteiger partial charge in [0.25, 0.3) is 0 Å². The standard InChI is InChI=1S/C21H28F3N3O/c1-3-5-7-9-16-10-12-17(13-11-16)26-20-25-15-18(21(22,23)24)19(27-20)28-14-8-6-4-2/h10-13,15H,3-9,14H2,1-2H3,(H,25,26,27). The summed E-state index contributed by atoms with van der Waals surface area (Å²) in [7, 11) is 0. The minimum Gasteiger partial charge on any atom is -0.477 e. The summed E-state index contributed by atoms with van der Waals surface area (Å²) in [5, 5.41) is 2.95. The minimum absolute atomic E-state index is 0.0808. The van der Waals surface area contributed by atoms with Crippen LogP contribution in [0.25, 0.3) is 0 Å². The number of benzene rings is 1. The Balaban J connectivity index is 2.08. The number of aryl methyl sites for hydroxylation is 1. The quantitative estimate of drug-likeness (QED) is 0.439. The van der Waals surface area contributed by atoms with Crippen molar-refractivity contribution in [3.05, 3.63) is 41.6 Å². The third-order valence-corrected chi connectivity index (χ3v) is 4.32. The number of aromatic nitrogens is 2. The van der Waals surface area contributed by atoms with Gasteiger partial charge in [-0.05, 0) is 37.0 Å². The lowest BCUT2D eigenvalue weighted by Crippen LogP contribution is -2.13. The van der Waals surface area contributed by atoms with Crippen LogP contribution in [0.5, 0.6) is 5.88 Å². The molecule has 0 amide bonds. The first kappa shape index (κ1) is 22.0. The number of unbranched alkanes of at least 4 members (excludes halogenated alkanes) is 4. The minimum atomic E-state index is -4.56. The van der Waals surface area contributed by atoms with Crippen LogP contribution in [-0.2, 0) is 12.6 Å². The fourth-order valence-corrected chi connectivity index (χ4v) is 2.71. The highest BCUT2D eigenvalue weighted by molar-refractivity contribution is 5.54. The molecule has 0 fully saturated rings. The Morgan fingerprint density at radius 1 is 0.964 bits per heavy atom. The zero-order chi connectivity index (χ0) is 20.4. The molecule has 1 aromatic heterocycles. The van der Waals surface area contributed by atoms with Gasteiger partial charge >= 0.3 is 6.18 Å². The average Bonchev–Trinajstić information content (AvgIpc) is 2.66. The first-order valence-corrected chi connectivity index (χ1v) is 9.87. The van der Waals surface area contributed by atoms with E-state index in [0.717, 1.165) is 37.6 Å². The number of nitrogens with zero attached hydrogens (tertiary/aromatic N) is 2. The lowest BCUT2D eigenvalue weighted by molar-refractivity contribution is -0.139. The van der Waals surface area contributed by atoms with Crippen LogP contribution in [0.4, 0.5) is 24.8 Å². The second kappa shape index (κ2) is 10.9. The Labute approximate surface area is 164 Å². The summed E-state index contributed by atoms with van der Waals surface area (Å²) in [4.78, 5) is 7.76. The molecule has 7 heteroatoms. The van der Waals surface area contributed by atoms with Crippen molar-refractivity contribution < 1.29 is 17.9 Å². The van der Waals surface area contributed by atoms with Crippen LogP contribution in [0.1, 0.15) is 63.5 Å². The third kappa shape index (κ3) is 7.02. The van der Waals surface area contributed by atoms with E-state index in [1.54, 1.807) is 0 Å². The monoisotopic (exact) mass is 395 g/mol. The molecule has 28 heavy (non-hydrogen) atoms. The molecule has 0 spiro atoms. The van der Waals surface area contributed by atoms with Crippen LogP contribution in [0.3, 0.4) is 0 Å². The molecule has 0 aliphatic heterocycles. The summed E-state index contributed by atoms with van der Waals surface area (Å²) in [5.74, 6) is -0.352. The molecular weight excluding hydrogens is 367 g/mol. The van der Waals surface area contributed by atoms with Gasteiger partial charge in [0.2, 0.25) is 11.8 Å². The van der Waals surface area contributed by atoms with Gasteiger partial charge in [0.15, 0.2) is 0 Å². The van der Waals surface area contributed by atoms with E-state index in [-0.39, 0.29) is 12.6 Å². The molecule has 0 radical (unpaired) electrons. The van der Waals surface area contributed by atoms with Crippen molar-refractivity contribution >= 4 is 11.6 Å². The number of alkyl halides is 3. The van der Waals surface area contributed by atoms with Gasteiger partial charge in [-0.15, -0.1) is 0 Å². The van der Waals surface area contributed by atoms with Crippen LogP contribution >= 0.6 is 0 Å². The number of rotatable bonds is 11. The molecule has 2 rings (SSSR count). The smallest absolute Gasteiger partial charge is 0.423 e. The normalized spacial score (nSPS) is 11.5. The summed E-state index contributed by atoms with van der Waals surface area (Å²) < 4.78 is 44.8. The molecule has 0 unspecified atom stereocenters. The molecule has 0 saturated carbocycles. The summed E-state index contributed by atoms with van der Waals surface area (Å²) in [6.45, 7) is 4.38. The predicted octanol–water partition coefficient (Wildman–Crippen LogP) is 6.54. The number of ether oxygens (including phenoxy) is 1. The van der Waals surface area contributed by atoms with Crippen molar-refractivity contribution in [2.75, 3.05) is 11.9 Å². The van der Waals surface area contributed by atoms with Gasteiger partial charge in [0.1, 0.15) is 5.56 Å². The molecule has 2 aromatic rings. The van der Waals surface area contributed by atoms with Gasteiger partial charge in [-0.25, -0.2) is 4.98 Å². The number of nitrogens with one attached hydrogen (secondary N) is 1. The summed E-state index contributed by atoms with van der Waals surface area (Å²) in [6, 6.07) is 7.77. The maximum atomic E-state index is 13.2. The molecule has 0 aliphatic carbocycles. The largest absolute Gasteiger partial charge is 0.477 e. The highest BCUT2D eigenvalue weighted by Gasteiger charge is 2.36. The van der Waals surface area contributed by atoms with Crippen molar-refractivity contribution in [3.8, 4) is 5.88 Å². The van der Waals surface area contributed by atoms with E-state index in [0.29, 0.717) is 6.42 Å². The second-order valence-corrected chi connectivity index (χ2v) is 6.74. The fraction of sp³-hybridized carbons (Fsp3) is 0.524. The Hall–Kier alpha value is -2.31. The molecule has 0 bridgehead atoms.